The first-order valence-corrected chi connectivity index (χ1v) is 10.7. The number of hydrogen-bond donors (Lipinski definition) is 2. The SMILES string of the molecule is CN(C)C(=O)N1CCC(C(=O)NNC(=O)c2ccc(COc3ccc(Cl)cc3)cc2)CC1. The lowest BCUT2D eigenvalue weighted by Gasteiger charge is -2.32. The number of hydrogen-bond acceptors (Lipinski definition) is 4. The van der Waals surface area contributed by atoms with Crippen LogP contribution in [0.2, 0.25) is 5.02 Å². The summed E-state index contributed by atoms with van der Waals surface area (Å²) < 4.78 is 5.69. The van der Waals surface area contributed by atoms with Gasteiger partial charge in [0.1, 0.15) is 12.4 Å². The molecule has 2 aromatic carbocycles. The molecule has 1 aliphatic rings. The van der Waals surface area contributed by atoms with Gasteiger partial charge in [0.05, 0.1) is 0 Å². The standard InChI is InChI=1S/C23H27ClN4O4/c1-27(2)23(31)28-13-11-18(12-14-28)22(30)26-25-21(29)17-5-3-16(4-6-17)15-32-20-9-7-19(24)8-10-20/h3-10,18H,11-15H2,1-2H3,(H,25,29)(H,26,30). The lowest BCUT2D eigenvalue weighted by molar-refractivity contribution is -0.127. The Labute approximate surface area is 192 Å². The van der Waals surface area contributed by atoms with Crippen LogP contribution in [0.3, 0.4) is 0 Å². The molecule has 0 spiro atoms. The maximum atomic E-state index is 12.4. The highest BCUT2D eigenvalue weighted by Crippen LogP contribution is 2.18. The maximum Gasteiger partial charge on any atom is 0.319 e. The van der Waals surface area contributed by atoms with Crippen LogP contribution in [0.15, 0.2) is 48.5 Å². The van der Waals surface area contributed by atoms with E-state index in [2.05, 4.69) is 10.9 Å². The summed E-state index contributed by atoms with van der Waals surface area (Å²) in [6, 6.07) is 14.0. The molecule has 1 aliphatic heterocycles. The van der Waals surface area contributed by atoms with Crippen LogP contribution >= 0.6 is 11.6 Å². The largest absolute Gasteiger partial charge is 0.489 e. The third-order valence-electron chi connectivity index (χ3n) is 5.25. The fourth-order valence-corrected chi connectivity index (χ4v) is 3.48. The van der Waals surface area contributed by atoms with Crippen LogP contribution in [-0.2, 0) is 11.4 Å². The van der Waals surface area contributed by atoms with Crippen LogP contribution in [0.4, 0.5) is 4.79 Å². The molecule has 0 bridgehead atoms. The Balaban J connectivity index is 1.42. The van der Waals surface area contributed by atoms with E-state index in [0.29, 0.717) is 48.9 Å². The molecule has 1 saturated heterocycles. The van der Waals surface area contributed by atoms with Crippen molar-refractivity contribution in [1.29, 1.82) is 0 Å². The van der Waals surface area contributed by atoms with Crippen molar-refractivity contribution in [3.8, 4) is 5.75 Å². The molecule has 0 aromatic heterocycles. The summed E-state index contributed by atoms with van der Waals surface area (Å²) in [5, 5.41) is 0.643. The van der Waals surface area contributed by atoms with E-state index in [1.807, 2.05) is 0 Å². The normalized spacial score (nSPS) is 13.9. The Morgan fingerprint density at radius 3 is 2.22 bits per heavy atom. The van der Waals surface area contributed by atoms with Crippen LogP contribution in [0, 0.1) is 5.92 Å². The molecule has 0 radical (unpaired) electrons. The van der Waals surface area contributed by atoms with Crippen molar-refractivity contribution in [2.75, 3.05) is 27.2 Å². The average molecular weight is 459 g/mol. The second kappa shape index (κ2) is 10.9. The highest BCUT2D eigenvalue weighted by atomic mass is 35.5. The molecule has 1 heterocycles. The van der Waals surface area contributed by atoms with Gasteiger partial charge in [-0.15, -0.1) is 0 Å². The molecule has 9 heteroatoms. The molecule has 8 nitrogen and oxygen atoms in total. The maximum absolute atomic E-state index is 12.4. The Bertz CT molecular complexity index is 939. The minimum atomic E-state index is -0.399. The number of halogens is 1. The van der Waals surface area contributed by atoms with Gasteiger partial charge in [-0.2, -0.15) is 0 Å². The molecule has 1 fully saturated rings. The van der Waals surface area contributed by atoms with Gasteiger partial charge < -0.3 is 14.5 Å². The topological polar surface area (TPSA) is 91.0 Å². The summed E-state index contributed by atoms with van der Waals surface area (Å²) in [4.78, 5) is 39.9. The van der Waals surface area contributed by atoms with E-state index in [1.54, 1.807) is 67.5 Å². The number of benzene rings is 2. The van der Waals surface area contributed by atoms with Gasteiger partial charge >= 0.3 is 6.03 Å². The smallest absolute Gasteiger partial charge is 0.319 e. The van der Waals surface area contributed by atoms with Gasteiger partial charge in [-0.1, -0.05) is 23.7 Å². The van der Waals surface area contributed by atoms with Crippen LogP contribution in [-0.4, -0.2) is 54.8 Å². The highest BCUT2D eigenvalue weighted by Gasteiger charge is 2.28. The van der Waals surface area contributed by atoms with E-state index in [1.165, 1.54) is 4.90 Å². The zero-order chi connectivity index (χ0) is 23.1. The third kappa shape index (κ3) is 6.37. The van der Waals surface area contributed by atoms with E-state index in [4.69, 9.17) is 16.3 Å². The summed E-state index contributed by atoms with van der Waals surface area (Å²) in [5.74, 6) is -0.184. The van der Waals surface area contributed by atoms with Crippen LogP contribution in [0.5, 0.6) is 5.75 Å². The number of nitrogens with one attached hydrogen (secondary N) is 2. The molecule has 2 aromatic rings. The molecule has 2 N–H and O–H groups in total. The fourth-order valence-electron chi connectivity index (χ4n) is 3.36. The van der Waals surface area contributed by atoms with Gasteiger partial charge in [0.15, 0.2) is 0 Å². The van der Waals surface area contributed by atoms with E-state index >= 15 is 0 Å². The zero-order valence-corrected chi connectivity index (χ0v) is 18.9. The van der Waals surface area contributed by atoms with E-state index in [0.717, 1.165) is 5.56 Å². The minimum absolute atomic E-state index is 0.0563. The van der Waals surface area contributed by atoms with Gasteiger partial charge in [-0.05, 0) is 54.8 Å². The van der Waals surface area contributed by atoms with Crippen molar-refractivity contribution in [2.45, 2.75) is 19.4 Å². The summed E-state index contributed by atoms with van der Waals surface area (Å²) in [7, 11) is 3.41. The van der Waals surface area contributed by atoms with Crippen molar-refractivity contribution in [3.05, 3.63) is 64.7 Å². The number of amides is 4. The Kier molecular flexibility index (Phi) is 7.94. The predicted molar refractivity (Wildman–Crippen MR) is 121 cm³/mol. The summed E-state index contributed by atoms with van der Waals surface area (Å²) >= 11 is 5.86. The Morgan fingerprint density at radius 2 is 1.62 bits per heavy atom. The molecule has 0 aliphatic carbocycles. The van der Waals surface area contributed by atoms with Gasteiger partial charge in [0.2, 0.25) is 5.91 Å². The second-order valence-electron chi connectivity index (χ2n) is 7.82. The first-order chi connectivity index (χ1) is 15.3. The van der Waals surface area contributed by atoms with Gasteiger partial charge in [-0.3, -0.25) is 20.4 Å². The first kappa shape index (κ1) is 23.4. The van der Waals surface area contributed by atoms with E-state index in [9.17, 15) is 14.4 Å². The number of carbonyl (C=O) groups is 3. The van der Waals surface area contributed by atoms with Crippen molar-refractivity contribution >= 4 is 29.4 Å². The van der Waals surface area contributed by atoms with Crippen LogP contribution in [0.1, 0.15) is 28.8 Å². The monoisotopic (exact) mass is 458 g/mol. The third-order valence-corrected chi connectivity index (χ3v) is 5.51. The molecule has 32 heavy (non-hydrogen) atoms. The van der Waals surface area contributed by atoms with Crippen LogP contribution < -0.4 is 15.6 Å². The molecule has 170 valence electrons. The number of likely N-dealkylation sites (tertiary alicyclic amines) is 1. The highest BCUT2D eigenvalue weighted by molar-refractivity contribution is 6.30. The van der Waals surface area contributed by atoms with Crippen LogP contribution in [0.25, 0.3) is 0 Å². The number of ether oxygens (including phenoxy) is 1. The molecule has 4 amide bonds. The predicted octanol–water partition coefficient (Wildman–Crippen LogP) is 3.07. The molecule has 0 atom stereocenters. The molecule has 0 saturated carbocycles. The van der Waals surface area contributed by atoms with Gasteiger partial charge in [-0.25, -0.2) is 4.79 Å². The summed E-state index contributed by atoms with van der Waals surface area (Å²) in [6.45, 7) is 1.39. The zero-order valence-electron chi connectivity index (χ0n) is 18.1. The van der Waals surface area contributed by atoms with Gasteiger partial charge in [0.25, 0.3) is 5.91 Å². The number of carbonyl (C=O) groups excluding carboxylic acids is 3. The lowest BCUT2D eigenvalue weighted by atomic mass is 9.96. The summed E-state index contributed by atoms with van der Waals surface area (Å²) in [6.07, 6.45) is 1.12. The quantitative estimate of drug-likeness (QED) is 0.673. The minimum Gasteiger partial charge on any atom is -0.489 e. The number of urea groups is 1. The van der Waals surface area contributed by atoms with E-state index < -0.39 is 5.91 Å². The van der Waals surface area contributed by atoms with E-state index in [-0.39, 0.29) is 17.9 Å². The molecule has 0 unspecified atom stereocenters. The Morgan fingerprint density at radius 1 is 1.00 bits per heavy atom. The first-order valence-electron chi connectivity index (χ1n) is 10.4. The molecular weight excluding hydrogens is 432 g/mol. The van der Waals surface area contributed by atoms with Gasteiger partial charge in [0, 0.05) is 43.7 Å². The molecular formula is C23H27ClN4O4. The molecule has 3 rings (SSSR count). The van der Waals surface area contributed by atoms with Crippen molar-refractivity contribution in [3.63, 3.8) is 0 Å². The Hall–Kier alpha value is -3.26. The number of rotatable bonds is 5. The number of hydrazine groups is 1. The van der Waals surface area contributed by atoms with Crippen molar-refractivity contribution < 1.29 is 19.1 Å². The fraction of sp³-hybridized carbons (Fsp3) is 0.348. The lowest BCUT2D eigenvalue weighted by Crippen LogP contribution is -2.49. The number of nitrogens with zero attached hydrogens (tertiary/aromatic N) is 2. The average Bonchev–Trinajstić information content (AvgIpc) is 2.82. The second-order valence-corrected chi connectivity index (χ2v) is 8.26. The van der Waals surface area contributed by atoms with Crippen molar-refractivity contribution in [2.24, 2.45) is 5.92 Å². The summed E-state index contributed by atoms with van der Waals surface area (Å²) in [5.41, 5.74) is 6.28. The van der Waals surface area contributed by atoms with Crippen molar-refractivity contribution in [1.82, 2.24) is 20.7 Å². The number of piperidine rings is 1.